The molecule has 0 N–H and O–H groups in total. The third kappa shape index (κ3) is 1.17. The molecule has 0 spiro atoms. The molecule has 0 aromatic carbocycles. The third-order valence-electron chi connectivity index (χ3n) is 3.57. The van der Waals surface area contributed by atoms with E-state index in [0.717, 1.165) is 18.1 Å². The smallest absolute Gasteiger partial charge is 0.0255 e. The summed E-state index contributed by atoms with van der Waals surface area (Å²) in [6.45, 7) is 7.18. The van der Waals surface area contributed by atoms with Gasteiger partial charge in [0.25, 0.3) is 0 Å². The molecule has 1 saturated carbocycles. The minimum Gasteiger partial charge on any atom is -0.301 e. The van der Waals surface area contributed by atoms with Crippen LogP contribution in [0.3, 0.4) is 0 Å². The fourth-order valence-electron chi connectivity index (χ4n) is 2.61. The van der Waals surface area contributed by atoms with E-state index < -0.39 is 0 Å². The van der Waals surface area contributed by atoms with Gasteiger partial charge in [-0.05, 0) is 33.7 Å². The maximum Gasteiger partial charge on any atom is 0.0255 e. The van der Waals surface area contributed by atoms with E-state index in [1.165, 1.54) is 25.9 Å². The van der Waals surface area contributed by atoms with Crippen molar-refractivity contribution >= 4 is 0 Å². The van der Waals surface area contributed by atoms with E-state index in [0.29, 0.717) is 0 Å². The van der Waals surface area contributed by atoms with Crippen LogP contribution in [0.2, 0.25) is 0 Å². The molecule has 2 heteroatoms. The monoisotopic (exact) mass is 168 g/mol. The van der Waals surface area contributed by atoms with Crippen LogP contribution in [0.5, 0.6) is 0 Å². The largest absolute Gasteiger partial charge is 0.301 e. The van der Waals surface area contributed by atoms with Gasteiger partial charge in [0, 0.05) is 31.2 Å². The standard InChI is InChI=1S/C10H20N2/c1-8(2)12-7-6-11(3)9-4-5-10(9)12/h8-10H,4-7H2,1-3H3. The fourth-order valence-corrected chi connectivity index (χ4v) is 2.61. The van der Waals surface area contributed by atoms with Gasteiger partial charge in [-0.15, -0.1) is 0 Å². The first-order chi connectivity index (χ1) is 5.70. The number of fused-ring (bicyclic) bond motifs is 1. The second-order valence-corrected chi connectivity index (χ2v) is 4.52. The van der Waals surface area contributed by atoms with Crippen molar-refractivity contribution in [2.24, 2.45) is 0 Å². The Bertz CT molecular complexity index is 167. The second-order valence-electron chi connectivity index (χ2n) is 4.52. The molecule has 1 saturated heterocycles. The molecule has 1 aliphatic heterocycles. The molecule has 0 aromatic rings. The first-order valence-electron chi connectivity index (χ1n) is 5.16. The van der Waals surface area contributed by atoms with Crippen molar-refractivity contribution in [3.05, 3.63) is 0 Å². The van der Waals surface area contributed by atoms with Crippen molar-refractivity contribution in [3.8, 4) is 0 Å². The van der Waals surface area contributed by atoms with Gasteiger partial charge < -0.3 is 4.90 Å². The van der Waals surface area contributed by atoms with Crippen molar-refractivity contribution in [3.63, 3.8) is 0 Å². The molecule has 0 aromatic heterocycles. The first-order valence-corrected chi connectivity index (χ1v) is 5.16. The summed E-state index contributed by atoms with van der Waals surface area (Å²) in [6.07, 6.45) is 2.84. The summed E-state index contributed by atoms with van der Waals surface area (Å²) >= 11 is 0. The minimum absolute atomic E-state index is 0.742. The van der Waals surface area contributed by atoms with E-state index in [4.69, 9.17) is 0 Å². The van der Waals surface area contributed by atoms with Gasteiger partial charge in [0.2, 0.25) is 0 Å². The summed E-state index contributed by atoms with van der Waals surface area (Å²) in [5.74, 6) is 0. The molecule has 2 fully saturated rings. The van der Waals surface area contributed by atoms with Gasteiger partial charge in [-0.3, -0.25) is 4.90 Å². The maximum absolute atomic E-state index is 2.67. The lowest BCUT2D eigenvalue weighted by Crippen LogP contribution is -2.64. The van der Waals surface area contributed by atoms with E-state index in [1.807, 2.05) is 0 Å². The van der Waals surface area contributed by atoms with Crippen LogP contribution in [-0.2, 0) is 0 Å². The van der Waals surface area contributed by atoms with E-state index in [2.05, 4.69) is 30.7 Å². The lowest BCUT2D eigenvalue weighted by atomic mass is 9.81. The first kappa shape index (κ1) is 8.52. The minimum atomic E-state index is 0.742. The van der Waals surface area contributed by atoms with Crippen molar-refractivity contribution in [2.75, 3.05) is 20.1 Å². The van der Waals surface area contributed by atoms with Gasteiger partial charge in [-0.25, -0.2) is 0 Å². The molecule has 2 rings (SSSR count). The molecule has 12 heavy (non-hydrogen) atoms. The van der Waals surface area contributed by atoms with E-state index >= 15 is 0 Å². The Morgan fingerprint density at radius 2 is 1.75 bits per heavy atom. The van der Waals surface area contributed by atoms with Gasteiger partial charge in [-0.2, -0.15) is 0 Å². The summed E-state index contributed by atoms with van der Waals surface area (Å²) in [5, 5.41) is 0. The summed E-state index contributed by atoms with van der Waals surface area (Å²) < 4.78 is 0. The summed E-state index contributed by atoms with van der Waals surface area (Å²) in [5.41, 5.74) is 0. The highest BCUT2D eigenvalue weighted by Crippen LogP contribution is 2.33. The Morgan fingerprint density at radius 3 is 2.25 bits per heavy atom. The van der Waals surface area contributed by atoms with Crippen molar-refractivity contribution < 1.29 is 0 Å². The van der Waals surface area contributed by atoms with Crippen molar-refractivity contribution in [2.45, 2.75) is 44.8 Å². The molecule has 0 radical (unpaired) electrons. The number of nitrogens with zero attached hydrogens (tertiary/aromatic N) is 2. The fraction of sp³-hybridized carbons (Fsp3) is 1.00. The van der Waals surface area contributed by atoms with Crippen molar-refractivity contribution in [1.29, 1.82) is 0 Å². The Morgan fingerprint density at radius 1 is 1.08 bits per heavy atom. The van der Waals surface area contributed by atoms with Gasteiger partial charge in [-0.1, -0.05) is 0 Å². The van der Waals surface area contributed by atoms with Crippen LogP contribution in [-0.4, -0.2) is 48.1 Å². The molecule has 1 heterocycles. The summed E-state index contributed by atoms with van der Waals surface area (Å²) in [7, 11) is 2.27. The van der Waals surface area contributed by atoms with Gasteiger partial charge in [0.15, 0.2) is 0 Å². The van der Waals surface area contributed by atoms with Crippen LogP contribution in [0, 0.1) is 0 Å². The number of hydrogen-bond donors (Lipinski definition) is 0. The zero-order valence-corrected chi connectivity index (χ0v) is 8.45. The van der Waals surface area contributed by atoms with Gasteiger partial charge in [0.05, 0.1) is 0 Å². The highest BCUT2D eigenvalue weighted by molar-refractivity contribution is 4.99. The SMILES string of the molecule is CC(C)N1CCN(C)C2CCC21. The van der Waals surface area contributed by atoms with Crippen LogP contribution in [0.1, 0.15) is 26.7 Å². The molecular formula is C10H20N2. The van der Waals surface area contributed by atoms with Crippen LogP contribution < -0.4 is 0 Å². The predicted octanol–water partition coefficient (Wildman–Crippen LogP) is 1.17. The summed E-state index contributed by atoms with van der Waals surface area (Å²) in [6, 6.07) is 2.50. The highest BCUT2D eigenvalue weighted by Gasteiger charge is 2.41. The predicted molar refractivity (Wildman–Crippen MR) is 51.3 cm³/mol. The van der Waals surface area contributed by atoms with E-state index in [-0.39, 0.29) is 0 Å². The zero-order chi connectivity index (χ0) is 8.72. The molecule has 2 nitrogen and oxygen atoms in total. The lowest BCUT2D eigenvalue weighted by Gasteiger charge is -2.54. The van der Waals surface area contributed by atoms with Crippen LogP contribution in [0.15, 0.2) is 0 Å². The number of hydrogen-bond acceptors (Lipinski definition) is 2. The Balaban J connectivity index is 2.01. The molecular weight excluding hydrogens is 148 g/mol. The second kappa shape index (κ2) is 3.00. The van der Waals surface area contributed by atoms with E-state index in [9.17, 15) is 0 Å². The number of likely N-dealkylation sites (N-methyl/N-ethyl adjacent to an activating group) is 1. The lowest BCUT2D eigenvalue weighted by molar-refractivity contribution is -0.0409. The topological polar surface area (TPSA) is 6.48 Å². The molecule has 0 bridgehead atoms. The Labute approximate surface area is 75.5 Å². The molecule has 2 unspecified atom stereocenters. The molecule has 2 atom stereocenters. The van der Waals surface area contributed by atoms with Gasteiger partial charge in [0.1, 0.15) is 0 Å². The Hall–Kier alpha value is -0.0800. The van der Waals surface area contributed by atoms with E-state index in [1.54, 1.807) is 0 Å². The maximum atomic E-state index is 2.67. The average molecular weight is 168 g/mol. The van der Waals surface area contributed by atoms with Crippen LogP contribution >= 0.6 is 0 Å². The summed E-state index contributed by atoms with van der Waals surface area (Å²) in [4.78, 5) is 5.21. The van der Waals surface area contributed by atoms with Crippen LogP contribution in [0.4, 0.5) is 0 Å². The Kier molecular flexibility index (Phi) is 2.13. The molecule has 0 amide bonds. The molecule has 1 aliphatic carbocycles. The molecule has 70 valence electrons. The quantitative estimate of drug-likeness (QED) is 0.580. The third-order valence-corrected chi connectivity index (χ3v) is 3.57. The normalized spacial score (nSPS) is 38.0. The highest BCUT2D eigenvalue weighted by atomic mass is 15.3. The molecule has 2 aliphatic rings. The van der Waals surface area contributed by atoms with Crippen LogP contribution in [0.25, 0.3) is 0 Å². The zero-order valence-electron chi connectivity index (χ0n) is 8.45. The van der Waals surface area contributed by atoms with Crippen molar-refractivity contribution in [1.82, 2.24) is 9.80 Å². The number of piperazine rings is 1. The van der Waals surface area contributed by atoms with Gasteiger partial charge >= 0.3 is 0 Å². The number of rotatable bonds is 1. The average Bonchev–Trinajstić information content (AvgIpc) is 1.92.